The van der Waals surface area contributed by atoms with Crippen molar-refractivity contribution in [1.29, 1.82) is 0 Å². The molecule has 0 aliphatic carbocycles. The number of aromatic nitrogens is 3. The maximum Gasteiger partial charge on any atom is 0.303 e. The van der Waals surface area contributed by atoms with Crippen molar-refractivity contribution < 1.29 is 28.2 Å². The summed E-state index contributed by atoms with van der Waals surface area (Å²) in [5.74, 6) is -0.393. The summed E-state index contributed by atoms with van der Waals surface area (Å²) in [6.45, 7) is 1.52. The molecule has 6 N–H and O–H groups in total. The number of carboxylic acid groups (broad SMARTS) is 1. The number of aromatic hydroxyl groups is 1. The summed E-state index contributed by atoms with van der Waals surface area (Å²) < 4.78 is 34.1. The van der Waals surface area contributed by atoms with E-state index in [1.165, 1.54) is 36.8 Å². The number of hydrogen-bond acceptors (Lipinski definition) is 10. The first-order chi connectivity index (χ1) is 19.8. The predicted molar refractivity (Wildman–Crippen MR) is 163 cm³/mol. The van der Waals surface area contributed by atoms with Crippen LogP contribution in [0.4, 0.5) is 17.2 Å². The molecule has 0 aliphatic rings. The maximum atomic E-state index is 12.9. The highest BCUT2D eigenvalue weighted by Gasteiger charge is 2.18. The Balaban J connectivity index is 0.00000484. The van der Waals surface area contributed by atoms with E-state index < -0.39 is 16.0 Å². The molecule has 0 unspecified atom stereocenters. The van der Waals surface area contributed by atoms with E-state index in [9.17, 15) is 18.3 Å². The number of nitrogens with zero attached hydrogens (tertiary/aromatic N) is 3. The van der Waals surface area contributed by atoms with Crippen molar-refractivity contribution >= 4 is 62.8 Å². The van der Waals surface area contributed by atoms with Crippen LogP contribution < -0.4 is 20.1 Å². The molecule has 13 nitrogen and oxygen atoms in total. The molecule has 0 atom stereocenters. The van der Waals surface area contributed by atoms with Gasteiger partial charge in [0, 0.05) is 25.2 Å². The molecule has 0 fully saturated rings. The molecular weight excluding hydrogens is 586 g/mol. The van der Waals surface area contributed by atoms with Gasteiger partial charge < -0.3 is 30.6 Å². The summed E-state index contributed by atoms with van der Waals surface area (Å²) in [5.41, 5.74) is 1.37. The van der Waals surface area contributed by atoms with Gasteiger partial charge in [0.1, 0.15) is 23.5 Å². The quantitative estimate of drug-likeness (QED) is 0.0842. The van der Waals surface area contributed by atoms with Gasteiger partial charge in [0.05, 0.1) is 33.8 Å². The van der Waals surface area contributed by atoms with Crippen LogP contribution in [-0.2, 0) is 14.8 Å². The number of ether oxygens (including phenoxy) is 1. The molecule has 2 heterocycles. The number of halogens is 1. The molecule has 4 aromatic rings. The van der Waals surface area contributed by atoms with Gasteiger partial charge in [-0.1, -0.05) is 18.2 Å². The third-order valence-electron chi connectivity index (χ3n) is 5.90. The zero-order valence-corrected chi connectivity index (χ0v) is 24.3. The van der Waals surface area contributed by atoms with Crippen LogP contribution in [0.15, 0.2) is 64.7 Å². The first kappa shape index (κ1) is 32.1. The Labute approximate surface area is 248 Å². The van der Waals surface area contributed by atoms with Crippen molar-refractivity contribution in [3.63, 3.8) is 0 Å². The Kier molecular flexibility index (Phi) is 11.5. The van der Waals surface area contributed by atoms with Crippen molar-refractivity contribution in [3.8, 4) is 11.6 Å². The van der Waals surface area contributed by atoms with E-state index in [0.717, 1.165) is 13.0 Å². The number of aliphatic carboxylic acids is 1. The van der Waals surface area contributed by atoms with E-state index in [-0.39, 0.29) is 54.1 Å². The number of fused-ring (bicyclic) bond motifs is 1. The lowest BCUT2D eigenvalue weighted by atomic mass is 10.2. The number of hydrogen-bond donors (Lipinski definition) is 6. The van der Waals surface area contributed by atoms with E-state index in [4.69, 9.17) is 9.84 Å². The van der Waals surface area contributed by atoms with Crippen LogP contribution in [0.3, 0.4) is 0 Å². The third-order valence-corrected chi connectivity index (χ3v) is 7.28. The number of aromatic amines is 1. The minimum Gasteiger partial charge on any atom is -0.494 e. The summed E-state index contributed by atoms with van der Waals surface area (Å²) in [6, 6.07) is 12.5. The van der Waals surface area contributed by atoms with Crippen LogP contribution in [-0.4, -0.2) is 72.5 Å². The average molecular weight is 618 g/mol. The molecule has 0 saturated heterocycles. The molecule has 0 spiro atoms. The highest BCUT2D eigenvalue weighted by Crippen LogP contribution is 2.33. The fourth-order valence-corrected chi connectivity index (χ4v) is 5.00. The van der Waals surface area contributed by atoms with Crippen molar-refractivity contribution in [2.75, 3.05) is 36.8 Å². The van der Waals surface area contributed by atoms with Gasteiger partial charge in [0.25, 0.3) is 10.0 Å². The topological polar surface area (TPSA) is 191 Å². The SMILES string of the molecule is CNCCCNc1ncnc2[nH]c(O)c(C=Nc3ccc(NS(=O)(=O)c4ccccc4)c(OCCCC(=O)O)c3)c12.Cl. The Hall–Kier alpha value is -4.40. The monoisotopic (exact) mass is 617 g/mol. The molecular formula is C27H32ClN7O6S. The van der Waals surface area contributed by atoms with Gasteiger partial charge >= 0.3 is 5.97 Å². The van der Waals surface area contributed by atoms with Crippen LogP contribution in [0.1, 0.15) is 24.8 Å². The largest absolute Gasteiger partial charge is 0.494 e. The van der Waals surface area contributed by atoms with Gasteiger partial charge in [-0.15, -0.1) is 12.4 Å². The summed E-state index contributed by atoms with van der Waals surface area (Å²) in [5, 5.41) is 26.4. The fourth-order valence-electron chi connectivity index (χ4n) is 3.91. The number of benzene rings is 2. The van der Waals surface area contributed by atoms with Gasteiger partial charge in [0.15, 0.2) is 5.88 Å². The number of carbonyl (C=O) groups is 1. The highest BCUT2D eigenvalue weighted by molar-refractivity contribution is 7.92. The Morgan fingerprint density at radius 1 is 1.12 bits per heavy atom. The van der Waals surface area contributed by atoms with Crippen LogP contribution in [0.25, 0.3) is 11.0 Å². The molecule has 15 heteroatoms. The number of nitrogens with one attached hydrogen (secondary N) is 4. The van der Waals surface area contributed by atoms with E-state index in [0.29, 0.717) is 34.6 Å². The number of H-pyrrole nitrogens is 1. The zero-order valence-electron chi connectivity index (χ0n) is 22.7. The Morgan fingerprint density at radius 2 is 1.90 bits per heavy atom. The molecule has 2 aromatic heterocycles. The lowest BCUT2D eigenvalue weighted by molar-refractivity contribution is -0.137. The molecule has 0 radical (unpaired) electrons. The van der Waals surface area contributed by atoms with E-state index >= 15 is 0 Å². The number of rotatable bonds is 15. The van der Waals surface area contributed by atoms with Gasteiger partial charge in [0.2, 0.25) is 0 Å². The van der Waals surface area contributed by atoms with Crippen LogP contribution in [0, 0.1) is 0 Å². The van der Waals surface area contributed by atoms with Crippen LogP contribution >= 0.6 is 12.4 Å². The van der Waals surface area contributed by atoms with Crippen LogP contribution in [0.2, 0.25) is 0 Å². The third kappa shape index (κ3) is 8.31. The summed E-state index contributed by atoms with van der Waals surface area (Å²) in [6.07, 6.45) is 3.82. The minimum atomic E-state index is -3.91. The standard InChI is InChI=1S/C27H31N7O6S.ClH/c1-28-12-6-13-29-25-24-20(27(37)33-26(24)32-17-31-25)16-30-18-10-11-21(22(15-18)40-14-5-9-23(35)36)34-41(38,39)19-7-3-2-4-8-19;/h2-4,7-8,10-11,15-17,28,34,37H,5-6,9,12-14H2,1H3,(H,35,36)(H2,29,31,32,33);1H. The van der Waals surface area contributed by atoms with Crippen molar-refractivity contribution in [1.82, 2.24) is 20.3 Å². The fraction of sp³-hybridized carbons (Fsp3) is 0.259. The summed E-state index contributed by atoms with van der Waals surface area (Å²) in [4.78, 5) is 26.8. The number of anilines is 2. The number of sulfonamides is 1. The van der Waals surface area contributed by atoms with E-state index in [2.05, 4.69) is 35.3 Å². The second-order valence-electron chi connectivity index (χ2n) is 8.92. The van der Waals surface area contributed by atoms with E-state index in [1.54, 1.807) is 24.3 Å². The number of carboxylic acids is 1. The first-order valence-electron chi connectivity index (χ1n) is 12.8. The van der Waals surface area contributed by atoms with Gasteiger partial charge in [-0.3, -0.25) is 14.5 Å². The van der Waals surface area contributed by atoms with Gasteiger partial charge in [-0.2, -0.15) is 0 Å². The second kappa shape index (κ2) is 15.0. The number of aliphatic imine (C=N–C) groups is 1. The molecule has 0 bridgehead atoms. The Bertz CT molecular complexity index is 1630. The van der Waals surface area contributed by atoms with Gasteiger partial charge in [-0.05, 0) is 50.7 Å². The summed E-state index contributed by atoms with van der Waals surface area (Å²) >= 11 is 0. The van der Waals surface area contributed by atoms with E-state index in [1.807, 2.05) is 7.05 Å². The molecule has 224 valence electrons. The molecule has 0 aliphatic heterocycles. The maximum absolute atomic E-state index is 12.9. The smallest absolute Gasteiger partial charge is 0.303 e. The minimum absolute atomic E-state index is 0. The van der Waals surface area contributed by atoms with Crippen molar-refractivity contribution in [3.05, 3.63) is 60.4 Å². The van der Waals surface area contributed by atoms with Crippen molar-refractivity contribution in [2.24, 2.45) is 4.99 Å². The molecule has 4 rings (SSSR count). The Morgan fingerprint density at radius 3 is 2.64 bits per heavy atom. The molecule has 0 saturated carbocycles. The van der Waals surface area contributed by atoms with Gasteiger partial charge in [-0.25, -0.2) is 18.4 Å². The van der Waals surface area contributed by atoms with Crippen LogP contribution in [0.5, 0.6) is 11.6 Å². The summed E-state index contributed by atoms with van der Waals surface area (Å²) in [7, 11) is -2.04. The lowest BCUT2D eigenvalue weighted by Gasteiger charge is -2.14. The molecule has 42 heavy (non-hydrogen) atoms. The van der Waals surface area contributed by atoms with Crippen molar-refractivity contribution in [2.45, 2.75) is 24.2 Å². The predicted octanol–water partition coefficient (Wildman–Crippen LogP) is 3.90. The first-order valence-corrected chi connectivity index (χ1v) is 14.3. The zero-order chi connectivity index (χ0) is 29.2. The lowest BCUT2D eigenvalue weighted by Crippen LogP contribution is -2.14. The average Bonchev–Trinajstić information content (AvgIpc) is 3.29. The molecule has 0 amide bonds. The second-order valence-corrected chi connectivity index (χ2v) is 10.6. The molecule has 2 aromatic carbocycles. The highest BCUT2D eigenvalue weighted by atomic mass is 35.5. The normalized spacial score (nSPS) is 11.4.